The van der Waals surface area contributed by atoms with Crippen LogP contribution < -0.4 is 5.43 Å². The molecule has 3 aromatic rings. The topological polar surface area (TPSA) is 37.3 Å². The van der Waals surface area contributed by atoms with Crippen molar-refractivity contribution < 1.29 is 0 Å². The van der Waals surface area contributed by atoms with Gasteiger partial charge in [-0.25, -0.2) is 0 Å². The lowest BCUT2D eigenvalue weighted by atomic mass is 10.2. The van der Waals surface area contributed by atoms with Crippen molar-refractivity contribution in [2.45, 2.75) is 0 Å². The first-order valence-corrected chi connectivity index (χ1v) is 6.48. The van der Waals surface area contributed by atoms with E-state index >= 15 is 0 Å². The molecule has 0 aliphatic rings. The van der Waals surface area contributed by atoms with Gasteiger partial charge in [-0.2, -0.15) is 5.10 Å². The average Bonchev–Trinajstić information content (AvgIpc) is 2.92. The SMILES string of the molecule is C(=N\Nc1cccc2cccnc12)/c1cccs1. The van der Waals surface area contributed by atoms with E-state index in [1.165, 1.54) is 0 Å². The molecule has 88 valence electrons. The van der Waals surface area contributed by atoms with Crippen LogP contribution >= 0.6 is 11.3 Å². The van der Waals surface area contributed by atoms with E-state index < -0.39 is 0 Å². The number of rotatable bonds is 3. The van der Waals surface area contributed by atoms with E-state index in [1.807, 2.05) is 54.1 Å². The zero-order valence-electron chi connectivity index (χ0n) is 9.58. The van der Waals surface area contributed by atoms with Gasteiger partial charge < -0.3 is 0 Å². The summed E-state index contributed by atoms with van der Waals surface area (Å²) >= 11 is 1.66. The van der Waals surface area contributed by atoms with Crippen LogP contribution in [0.1, 0.15) is 4.88 Å². The number of hydrogen-bond donors (Lipinski definition) is 1. The Balaban J connectivity index is 1.87. The number of fused-ring (bicyclic) bond motifs is 1. The van der Waals surface area contributed by atoms with Crippen LogP contribution in [0.25, 0.3) is 10.9 Å². The molecule has 0 radical (unpaired) electrons. The highest BCUT2D eigenvalue weighted by molar-refractivity contribution is 7.11. The van der Waals surface area contributed by atoms with Crippen molar-refractivity contribution in [3.63, 3.8) is 0 Å². The van der Waals surface area contributed by atoms with Crippen LogP contribution in [-0.4, -0.2) is 11.2 Å². The van der Waals surface area contributed by atoms with Gasteiger partial charge in [0.05, 0.1) is 17.4 Å². The molecule has 0 aliphatic carbocycles. The number of hydrazone groups is 1. The largest absolute Gasteiger partial charge is 0.276 e. The van der Waals surface area contributed by atoms with Gasteiger partial charge in [0.25, 0.3) is 0 Å². The number of pyridine rings is 1. The Labute approximate surface area is 109 Å². The summed E-state index contributed by atoms with van der Waals surface area (Å²) in [6.07, 6.45) is 3.60. The second-order valence-corrected chi connectivity index (χ2v) is 4.75. The molecule has 0 saturated heterocycles. The molecule has 0 unspecified atom stereocenters. The molecular formula is C14H11N3S. The Morgan fingerprint density at radius 3 is 2.94 bits per heavy atom. The first-order chi connectivity index (χ1) is 8.93. The maximum Gasteiger partial charge on any atom is 0.0951 e. The van der Waals surface area contributed by atoms with Crippen molar-refractivity contribution in [3.8, 4) is 0 Å². The first kappa shape index (κ1) is 10.9. The summed E-state index contributed by atoms with van der Waals surface area (Å²) in [5.74, 6) is 0. The van der Waals surface area contributed by atoms with Gasteiger partial charge in [-0.15, -0.1) is 11.3 Å². The van der Waals surface area contributed by atoms with Crippen LogP contribution in [-0.2, 0) is 0 Å². The molecular weight excluding hydrogens is 242 g/mol. The maximum absolute atomic E-state index is 4.36. The Bertz CT molecular complexity index is 669. The lowest BCUT2D eigenvalue weighted by Gasteiger charge is -2.03. The third kappa shape index (κ3) is 2.24. The summed E-state index contributed by atoms with van der Waals surface area (Å²) < 4.78 is 0. The molecule has 18 heavy (non-hydrogen) atoms. The monoisotopic (exact) mass is 253 g/mol. The van der Waals surface area contributed by atoms with Crippen LogP contribution in [0.5, 0.6) is 0 Å². The van der Waals surface area contributed by atoms with Crippen molar-refractivity contribution >= 4 is 34.1 Å². The molecule has 1 aromatic carbocycles. The molecule has 0 bridgehead atoms. The van der Waals surface area contributed by atoms with Gasteiger partial charge in [-0.3, -0.25) is 10.4 Å². The van der Waals surface area contributed by atoms with Crippen molar-refractivity contribution in [2.75, 3.05) is 5.43 Å². The summed E-state index contributed by atoms with van der Waals surface area (Å²) in [4.78, 5) is 5.48. The molecule has 2 heterocycles. The molecule has 2 aromatic heterocycles. The second-order valence-electron chi connectivity index (χ2n) is 3.77. The van der Waals surface area contributed by atoms with Gasteiger partial charge in [-0.05, 0) is 23.6 Å². The standard InChI is InChI=1S/C14H11N3S/c1-4-11-5-2-8-15-14(11)13(7-1)17-16-10-12-6-3-9-18-12/h1-10,17H/b16-10+. The molecule has 3 nitrogen and oxygen atoms in total. The second kappa shape index (κ2) is 4.98. The minimum atomic E-state index is 0.918. The Hall–Kier alpha value is -2.20. The Kier molecular flexibility index (Phi) is 3.02. The number of nitrogens with one attached hydrogen (secondary N) is 1. The molecule has 4 heteroatoms. The molecule has 0 atom stereocenters. The van der Waals surface area contributed by atoms with Gasteiger partial charge in [0.15, 0.2) is 0 Å². The van der Waals surface area contributed by atoms with E-state index in [0.717, 1.165) is 21.5 Å². The van der Waals surface area contributed by atoms with E-state index in [0.29, 0.717) is 0 Å². The third-order valence-corrected chi connectivity index (χ3v) is 3.36. The highest BCUT2D eigenvalue weighted by atomic mass is 32.1. The summed E-state index contributed by atoms with van der Waals surface area (Å²) in [5, 5.41) is 7.36. The van der Waals surface area contributed by atoms with Crippen molar-refractivity contribution in [1.29, 1.82) is 0 Å². The first-order valence-electron chi connectivity index (χ1n) is 5.60. The minimum absolute atomic E-state index is 0.918. The van der Waals surface area contributed by atoms with E-state index in [9.17, 15) is 0 Å². The number of benzene rings is 1. The van der Waals surface area contributed by atoms with Crippen LogP contribution in [0.4, 0.5) is 5.69 Å². The normalized spacial score (nSPS) is 11.1. The number of hydrogen-bond acceptors (Lipinski definition) is 4. The lowest BCUT2D eigenvalue weighted by Crippen LogP contribution is -1.91. The molecule has 0 spiro atoms. The summed E-state index contributed by atoms with van der Waals surface area (Å²) in [6.45, 7) is 0. The Morgan fingerprint density at radius 2 is 2.06 bits per heavy atom. The van der Waals surface area contributed by atoms with E-state index in [2.05, 4.69) is 15.5 Å². The molecule has 0 saturated carbocycles. The summed E-state index contributed by atoms with van der Waals surface area (Å²) in [5.41, 5.74) is 4.89. The van der Waals surface area contributed by atoms with Crippen LogP contribution in [0.3, 0.4) is 0 Å². The number of nitrogens with zero attached hydrogens (tertiary/aromatic N) is 2. The zero-order chi connectivity index (χ0) is 12.2. The van der Waals surface area contributed by atoms with E-state index in [-0.39, 0.29) is 0 Å². The molecule has 0 aliphatic heterocycles. The van der Waals surface area contributed by atoms with Gasteiger partial charge in [0, 0.05) is 16.5 Å². The molecule has 0 amide bonds. The maximum atomic E-state index is 4.36. The van der Waals surface area contributed by atoms with E-state index in [1.54, 1.807) is 17.5 Å². The van der Waals surface area contributed by atoms with Gasteiger partial charge in [0.2, 0.25) is 0 Å². The number of thiophene rings is 1. The lowest BCUT2D eigenvalue weighted by molar-refractivity contribution is 1.33. The quantitative estimate of drug-likeness (QED) is 0.570. The smallest absolute Gasteiger partial charge is 0.0951 e. The predicted octanol–water partition coefficient (Wildman–Crippen LogP) is 3.74. The third-order valence-electron chi connectivity index (χ3n) is 2.55. The zero-order valence-corrected chi connectivity index (χ0v) is 10.4. The fraction of sp³-hybridized carbons (Fsp3) is 0. The van der Waals surface area contributed by atoms with Gasteiger partial charge in [-0.1, -0.05) is 24.3 Å². The van der Waals surface area contributed by atoms with Crippen LogP contribution in [0, 0.1) is 0 Å². The average molecular weight is 253 g/mol. The molecule has 0 fully saturated rings. The van der Waals surface area contributed by atoms with E-state index in [4.69, 9.17) is 0 Å². The van der Waals surface area contributed by atoms with Crippen molar-refractivity contribution in [1.82, 2.24) is 4.98 Å². The minimum Gasteiger partial charge on any atom is -0.276 e. The van der Waals surface area contributed by atoms with Gasteiger partial charge >= 0.3 is 0 Å². The summed E-state index contributed by atoms with van der Waals surface area (Å²) in [6, 6.07) is 14.0. The van der Waals surface area contributed by atoms with Crippen molar-refractivity contribution in [2.24, 2.45) is 5.10 Å². The summed E-state index contributed by atoms with van der Waals surface area (Å²) in [7, 11) is 0. The molecule has 1 N–H and O–H groups in total. The van der Waals surface area contributed by atoms with Gasteiger partial charge in [0.1, 0.15) is 0 Å². The fourth-order valence-electron chi connectivity index (χ4n) is 1.72. The highest BCUT2D eigenvalue weighted by Gasteiger charge is 1.99. The Morgan fingerprint density at radius 1 is 1.11 bits per heavy atom. The number of aromatic nitrogens is 1. The highest BCUT2D eigenvalue weighted by Crippen LogP contribution is 2.20. The number of para-hydroxylation sites is 1. The fourth-order valence-corrected chi connectivity index (χ4v) is 2.31. The van der Waals surface area contributed by atoms with Crippen molar-refractivity contribution in [3.05, 3.63) is 58.9 Å². The number of anilines is 1. The predicted molar refractivity (Wildman–Crippen MR) is 77.3 cm³/mol. The molecule has 3 rings (SSSR count). The van der Waals surface area contributed by atoms with Crippen LogP contribution in [0.2, 0.25) is 0 Å². The van der Waals surface area contributed by atoms with Crippen LogP contribution in [0.15, 0.2) is 59.1 Å².